The molecule has 13 nitrogen and oxygen atoms in total. The van der Waals surface area contributed by atoms with Crippen LogP contribution in [0.4, 0.5) is 0 Å². The summed E-state index contributed by atoms with van der Waals surface area (Å²) < 4.78 is 23.7. The number of carbonyl (C=O) groups is 1. The minimum atomic E-state index is -1.91. The van der Waals surface area contributed by atoms with Gasteiger partial charge in [-0.05, 0) is 97.2 Å². The fraction of sp³-hybridized carbons (Fsp3) is 0.927. The molecule has 7 rings (SSSR count). The first kappa shape index (κ1) is 40.9. The Kier molecular flexibility index (Phi) is 10.4. The third kappa shape index (κ3) is 5.92. The normalized spacial score (nSPS) is 55.7. The van der Waals surface area contributed by atoms with E-state index >= 15 is 0 Å². The highest BCUT2D eigenvalue weighted by molar-refractivity contribution is 5.73. The molecule has 0 amide bonds. The van der Waals surface area contributed by atoms with Crippen molar-refractivity contribution in [3.63, 3.8) is 0 Å². The number of fused-ring (bicyclic) bond motifs is 7. The number of carboxylic acids is 1. The number of carboxylic acid groups (broad SMARTS) is 1. The predicted octanol–water partition coefficient (Wildman–Crippen LogP) is 2.49. The average molecular weight is 767 g/mol. The minimum absolute atomic E-state index is 0.0143. The molecule has 0 radical (unpaired) electrons. The lowest BCUT2D eigenvalue weighted by molar-refractivity contribution is -0.367. The number of allylic oxidation sites excluding steroid dienone is 2. The van der Waals surface area contributed by atoms with Crippen LogP contribution < -0.4 is 0 Å². The van der Waals surface area contributed by atoms with E-state index in [2.05, 4.69) is 47.6 Å². The molecule has 0 bridgehead atoms. The Hall–Kier alpha value is -1.23. The van der Waals surface area contributed by atoms with Crippen molar-refractivity contribution in [1.29, 1.82) is 0 Å². The molecule has 54 heavy (non-hydrogen) atoms. The van der Waals surface area contributed by atoms with E-state index in [1.54, 1.807) is 0 Å². The Morgan fingerprint density at radius 2 is 1.50 bits per heavy atom. The SMILES string of the molecule is CC1(C)CC2C3=CCC4[C@@]5(C)CC[C@H](O[C@@H]6O[C@H](C(=O)O)[C@@H](O)[C@H](O)[C@H]6O[C@@H]6OC[C@@H](O)[C@H](O)[C@H]6O)[C@](C)(CO)C5CC[C@@]4(C)[C@]3(C)CC[C@@]2(C)[C@H](O)C1. The van der Waals surface area contributed by atoms with E-state index in [0.717, 1.165) is 51.4 Å². The van der Waals surface area contributed by atoms with E-state index in [1.165, 1.54) is 5.57 Å². The summed E-state index contributed by atoms with van der Waals surface area (Å²) in [5, 5.41) is 85.5. The van der Waals surface area contributed by atoms with Crippen LogP contribution in [0, 0.1) is 50.2 Å². The van der Waals surface area contributed by atoms with Crippen LogP contribution in [0.2, 0.25) is 0 Å². The van der Waals surface area contributed by atoms with Crippen LogP contribution in [0.1, 0.15) is 106 Å². The molecule has 0 aromatic rings. The summed E-state index contributed by atoms with van der Waals surface area (Å²) in [6.07, 6.45) is -5.53. The maximum absolute atomic E-state index is 12.1. The van der Waals surface area contributed by atoms with Crippen LogP contribution >= 0.6 is 0 Å². The topological polar surface area (TPSA) is 216 Å². The fourth-order valence-electron chi connectivity index (χ4n) is 13.4. The second-order valence-corrected chi connectivity index (χ2v) is 20.4. The number of aliphatic hydroxyl groups is 7. The Balaban J connectivity index is 1.17. The largest absolute Gasteiger partial charge is 0.479 e. The first-order valence-electron chi connectivity index (χ1n) is 20.3. The summed E-state index contributed by atoms with van der Waals surface area (Å²) in [5.74, 6) is -0.852. The van der Waals surface area contributed by atoms with Gasteiger partial charge in [0.1, 0.15) is 36.6 Å². The average Bonchev–Trinajstić information content (AvgIpc) is 3.10. The predicted molar refractivity (Wildman–Crippen MR) is 193 cm³/mol. The van der Waals surface area contributed by atoms with Gasteiger partial charge in [-0.3, -0.25) is 0 Å². The molecule has 0 aromatic heterocycles. The first-order valence-corrected chi connectivity index (χ1v) is 20.3. The molecule has 4 saturated carbocycles. The summed E-state index contributed by atoms with van der Waals surface area (Å²) >= 11 is 0. The lowest BCUT2D eigenvalue weighted by Gasteiger charge is -2.72. The van der Waals surface area contributed by atoms with Gasteiger partial charge in [-0.2, -0.15) is 0 Å². The summed E-state index contributed by atoms with van der Waals surface area (Å²) in [6, 6.07) is 0. The van der Waals surface area contributed by atoms with Crippen molar-refractivity contribution in [3.8, 4) is 0 Å². The number of aliphatic hydroxyl groups excluding tert-OH is 7. The van der Waals surface area contributed by atoms with Crippen LogP contribution in [0.5, 0.6) is 0 Å². The van der Waals surface area contributed by atoms with Gasteiger partial charge in [0.2, 0.25) is 0 Å². The van der Waals surface area contributed by atoms with Crippen molar-refractivity contribution >= 4 is 5.97 Å². The summed E-state index contributed by atoms with van der Waals surface area (Å²) in [5.41, 5.74) is 0.419. The monoisotopic (exact) mass is 766 g/mol. The van der Waals surface area contributed by atoms with Crippen LogP contribution in [-0.4, -0.2) is 128 Å². The van der Waals surface area contributed by atoms with Crippen LogP contribution in [0.15, 0.2) is 11.6 Å². The first-order chi connectivity index (χ1) is 25.1. The second kappa shape index (κ2) is 13.7. The zero-order valence-electron chi connectivity index (χ0n) is 33.1. The maximum atomic E-state index is 12.1. The minimum Gasteiger partial charge on any atom is -0.479 e. The molecule has 0 spiro atoms. The zero-order chi connectivity index (χ0) is 39.6. The van der Waals surface area contributed by atoms with Gasteiger partial charge in [0, 0.05) is 10.8 Å². The molecule has 3 unspecified atom stereocenters. The Morgan fingerprint density at radius 3 is 2.17 bits per heavy atom. The Bertz CT molecular complexity index is 1470. The fourth-order valence-corrected chi connectivity index (χ4v) is 13.4. The Labute approximate surface area is 319 Å². The number of rotatable bonds is 6. The van der Waals surface area contributed by atoms with Crippen molar-refractivity contribution in [2.45, 2.75) is 174 Å². The van der Waals surface area contributed by atoms with Crippen molar-refractivity contribution in [2.24, 2.45) is 50.2 Å². The molecule has 19 atom stereocenters. The van der Waals surface area contributed by atoms with E-state index in [9.17, 15) is 45.6 Å². The molecule has 2 saturated heterocycles. The highest BCUT2D eigenvalue weighted by atomic mass is 16.8. The number of aliphatic carboxylic acids is 1. The Morgan fingerprint density at radius 1 is 0.796 bits per heavy atom. The lowest BCUT2D eigenvalue weighted by atomic mass is 9.33. The quantitative estimate of drug-likeness (QED) is 0.144. The molecular weight excluding hydrogens is 700 g/mol. The van der Waals surface area contributed by atoms with Gasteiger partial charge in [-0.15, -0.1) is 0 Å². The van der Waals surface area contributed by atoms with Crippen molar-refractivity contribution in [2.75, 3.05) is 13.2 Å². The standard InChI is InChI=1S/C41H66O13/c1-36(2)16-21-20-8-9-24-38(4)12-11-26(39(5,19-42)23(38)10-13-41(24,7)40(20,6)15-14-37(21,3)25(44)17-36)52-35-32(29(47)28(46)31(53-35)33(49)50)54-34-30(48)27(45)22(43)18-51-34/h8,21-32,34-35,42-48H,9-19H2,1-7H3,(H,49,50)/t21?,22-,23?,24?,25-,26+,27+,28+,29+,30-,31+,32-,34+,35-,37-,38+,39-,40-,41-/m1/s1. The van der Waals surface area contributed by atoms with Crippen molar-refractivity contribution in [3.05, 3.63) is 11.6 Å². The molecular formula is C41H66O13. The molecule has 5 aliphatic carbocycles. The lowest BCUT2D eigenvalue weighted by Crippen LogP contribution is -2.67. The summed E-state index contributed by atoms with van der Waals surface area (Å²) in [6.45, 7) is 15.7. The molecule has 2 aliphatic heterocycles. The molecule has 2 heterocycles. The third-order valence-corrected chi connectivity index (χ3v) is 17.0. The number of hydrogen-bond donors (Lipinski definition) is 8. The van der Waals surface area contributed by atoms with Crippen molar-refractivity contribution < 1.29 is 64.6 Å². The van der Waals surface area contributed by atoms with Gasteiger partial charge in [-0.25, -0.2) is 4.79 Å². The van der Waals surface area contributed by atoms with E-state index in [1.807, 2.05) is 6.92 Å². The third-order valence-electron chi connectivity index (χ3n) is 17.0. The van der Waals surface area contributed by atoms with Gasteiger partial charge in [-0.1, -0.05) is 60.1 Å². The molecule has 8 N–H and O–H groups in total. The second-order valence-electron chi connectivity index (χ2n) is 20.4. The van der Waals surface area contributed by atoms with Gasteiger partial charge in [0.05, 0.1) is 25.4 Å². The van der Waals surface area contributed by atoms with Crippen molar-refractivity contribution in [1.82, 2.24) is 0 Å². The highest BCUT2D eigenvalue weighted by Gasteiger charge is 2.69. The summed E-state index contributed by atoms with van der Waals surface area (Å²) in [4.78, 5) is 12.1. The van der Waals surface area contributed by atoms with E-state index in [-0.39, 0.29) is 52.3 Å². The zero-order valence-corrected chi connectivity index (χ0v) is 33.1. The molecule has 6 fully saturated rings. The smallest absolute Gasteiger partial charge is 0.335 e. The van der Waals surface area contributed by atoms with Crippen LogP contribution in [0.3, 0.4) is 0 Å². The summed E-state index contributed by atoms with van der Waals surface area (Å²) in [7, 11) is 0. The van der Waals surface area contributed by atoms with E-state index in [4.69, 9.17) is 18.9 Å². The molecule has 0 aromatic carbocycles. The van der Waals surface area contributed by atoms with Gasteiger partial charge < -0.3 is 59.8 Å². The molecule has 13 heteroatoms. The number of ether oxygens (including phenoxy) is 4. The number of hydrogen-bond acceptors (Lipinski definition) is 12. The van der Waals surface area contributed by atoms with Crippen LogP contribution in [0.25, 0.3) is 0 Å². The van der Waals surface area contributed by atoms with Gasteiger partial charge >= 0.3 is 5.97 Å². The van der Waals surface area contributed by atoms with Gasteiger partial charge in [0.25, 0.3) is 0 Å². The van der Waals surface area contributed by atoms with Crippen LogP contribution in [-0.2, 0) is 23.7 Å². The highest BCUT2D eigenvalue weighted by Crippen LogP contribution is 2.76. The molecule has 308 valence electrons. The van der Waals surface area contributed by atoms with E-state index < -0.39 is 72.8 Å². The van der Waals surface area contributed by atoms with E-state index in [0.29, 0.717) is 18.3 Å². The van der Waals surface area contributed by atoms with Gasteiger partial charge in [0.15, 0.2) is 18.7 Å². The molecule has 7 aliphatic rings. The maximum Gasteiger partial charge on any atom is 0.335 e.